The maximum Gasteiger partial charge on any atom is 0.258 e. The first-order valence-corrected chi connectivity index (χ1v) is 9.44. The largest absolute Gasteiger partial charge is 0.309 e. The van der Waals surface area contributed by atoms with E-state index in [1.165, 1.54) is 23.9 Å². The average Bonchev–Trinajstić information content (AvgIpc) is 3.09. The highest BCUT2D eigenvalue weighted by molar-refractivity contribution is 7.98. The third kappa shape index (κ3) is 3.48. The number of fused-ring (bicyclic) bond motifs is 1. The Morgan fingerprint density at radius 3 is 2.81 bits per heavy atom. The molecule has 4 rings (SSSR count). The molecular formula is C19H16FN5OS. The highest BCUT2D eigenvalue weighted by Crippen LogP contribution is 2.26. The van der Waals surface area contributed by atoms with Crippen LogP contribution in [0, 0.1) is 5.82 Å². The Bertz CT molecular complexity index is 1170. The van der Waals surface area contributed by atoms with Crippen LogP contribution in [0.15, 0.2) is 58.5 Å². The smallest absolute Gasteiger partial charge is 0.258 e. The number of hydrogen-bond acceptors (Lipinski definition) is 5. The van der Waals surface area contributed by atoms with Crippen molar-refractivity contribution in [3.05, 3.63) is 70.5 Å². The second kappa shape index (κ2) is 7.32. The molecule has 2 aromatic carbocycles. The molecule has 0 amide bonds. The van der Waals surface area contributed by atoms with E-state index in [2.05, 4.69) is 20.2 Å². The highest BCUT2D eigenvalue weighted by Gasteiger charge is 2.14. The molecule has 6 nitrogen and oxygen atoms in total. The first kappa shape index (κ1) is 17.4. The number of benzene rings is 2. The zero-order valence-corrected chi connectivity index (χ0v) is 15.3. The molecule has 0 atom stereocenters. The second-order valence-electron chi connectivity index (χ2n) is 5.88. The molecule has 0 fully saturated rings. The molecule has 0 aliphatic rings. The lowest BCUT2D eigenvalue weighted by molar-refractivity contribution is 0.627. The molecule has 1 N–H and O–H groups in total. The normalized spacial score (nSPS) is 11.2. The predicted octanol–water partition coefficient (Wildman–Crippen LogP) is 3.63. The van der Waals surface area contributed by atoms with E-state index in [4.69, 9.17) is 0 Å². The van der Waals surface area contributed by atoms with E-state index >= 15 is 0 Å². The monoisotopic (exact) mass is 381 g/mol. The van der Waals surface area contributed by atoms with Gasteiger partial charge in [-0.1, -0.05) is 36.0 Å². The molecule has 0 aliphatic carbocycles. The van der Waals surface area contributed by atoms with Gasteiger partial charge < -0.3 is 9.55 Å². The van der Waals surface area contributed by atoms with Crippen LogP contribution in [-0.2, 0) is 12.3 Å². The number of nitrogens with one attached hydrogen (secondary N) is 1. The zero-order valence-electron chi connectivity index (χ0n) is 14.5. The van der Waals surface area contributed by atoms with Crippen LogP contribution in [0.4, 0.5) is 4.39 Å². The summed E-state index contributed by atoms with van der Waals surface area (Å²) < 4.78 is 15.4. The fourth-order valence-electron chi connectivity index (χ4n) is 2.86. The molecule has 8 heteroatoms. The van der Waals surface area contributed by atoms with Crippen LogP contribution in [0.25, 0.3) is 22.3 Å². The molecule has 2 heterocycles. The second-order valence-corrected chi connectivity index (χ2v) is 6.82. The minimum atomic E-state index is -0.315. The van der Waals surface area contributed by atoms with E-state index < -0.39 is 0 Å². The summed E-state index contributed by atoms with van der Waals surface area (Å²) in [4.78, 5) is 19.5. The minimum Gasteiger partial charge on any atom is -0.309 e. The molecular weight excluding hydrogens is 365 g/mol. The average molecular weight is 381 g/mol. The van der Waals surface area contributed by atoms with Gasteiger partial charge >= 0.3 is 0 Å². The Morgan fingerprint density at radius 1 is 1.15 bits per heavy atom. The number of halogens is 1. The zero-order chi connectivity index (χ0) is 18.8. The van der Waals surface area contributed by atoms with Gasteiger partial charge in [-0.05, 0) is 31.2 Å². The Labute approximate surface area is 158 Å². The summed E-state index contributed by atoms with van der Waals surface area (Å²) in [5, 5.41) is 9.69. The standard InChI is InChI=1S/C19H16FN5OS/c1-2-25-17(12-6-5-7-13(20)10-12)23-24-19(25)27-11-16-21-15-9-4-3-8-14(15)18(26)22-16/h3-10H,2,11H2,1H3,(H,21,22,26). The van der Waals surface area contributed by atoms with Gasteiger partial charge in [-0.2, -0.15) is 0 Å². The van der Waals surface area contributed by atoms with Crippen LogP contribution in [0.2, 0.25) is 0 Å². The molecule has 4 aromatic rings. The third-order valence-corrected chi connectivity index (χ3v) is 5.09. The van der Waals surface area contributed by atoms with Gasteiger partial charge in [0.1, 0.15) is 11.6 Å². The van der Waals surface area contributed by atoms with Gasteiger partial charge in [-0.15, -0.1) is 10.2 Å². The fourth-order valence-corrected chi connectivity index (χ4v) is 3.73. The van der Waals surface area contributed by atoms with Gasteiger partial charge in [0, 0.05) is 12.1 Å². The van der Waals surface area contributed by atoms with E-state index in [1.54, 1.807) is 18.2 Å². The molecule has 136 valence electrons. The van der Waals surface area contributed by atoms with E-state index in [1.807, 2.05) is 29.7 Å². The molecule has 0 saturated heterocycles. The van der Waals surface area contributed by atoms with Gasteiger partial charge in [0.2, 0.25) is 0 Å². The van der Waals surface area contributed by atoms with Crippen molar-refractivity contribution < 1.29 is 4.39 Å². The van der Waals surface area contributed by atoms with E-state index in [-0.39, 0.29) is 11.4 Å². The van der Waals surface area contributed by atoms with Crippen molar-refractivity contribution in [2.24, 2.45) is 0 Å². The van der Waals surface area contributed by atoms with Crippen LogP contribution in [0.3, 0.4) is 0 Å². The molecule has 0 unspecified atom stereocenters. The number of H-pyrrole nitrogens is 1. The van der Waals surface area contributed by atoms with E-state index in [0.717, 1.165) is 0 Å². The SMILES string of the molecule is CCn1c(SCc2nc3ccccc3c(=O)[nH]2)nnc1-c1cccc(F)c1. The number of thioether (sulfide) groups is 1. The number of hydrogen-bond donors (Lipinski definition) is 1. The predicted molar refractivity (Wildman–Crippen MR) is 103 cm³/mol. The molecule has 27 heavy (non-hydrogen) atoms. The van der Waals surface area contributed by atoms with Gasteiger partial charge in [-0.25, -0.2) is 9.37 Å². The molecule has 0 saturated carbocycles. The molecule has 2 aromatic heterocycles. The van der Waals surface area contributed by atoms with Crippen molar-refractivity contribution in [3.63, 3.8) is 0 Å². The van der Waals surface area contributed by atoms with Crippen LogP contribution in [0.1, 0.15) is 12.7 Å². The maximum absolute atomic E-state index is 13.5. The van der Waals surface area contributed by atoms with Crippen molar-refractivity contribution in [3.8, 4) is 11.4 Å². The van der Waals surface area contributed by atoms with E-state index in [9.17, 15) is 9.18 Å². The van der Waals surface area contributed by atoms with Crippen molar-refractivity contribution >= 4 is 22.7 Å². The number of para-hydroxylation sites is 1. The third-order valence-electron chi connectivity index (χ3n) is 4.12. The maximum atomic E-state index is 13.5. The number of nitrogens with zero attached hydrogens (tertiary/aromatic N) is 4. The van der Waals surface area contributed by atoms with Gasteiger partial charge in [0.25, 0.3) is 5.56 Å². The molecule has 0 spiro atoms. The first-order valence-electron chi connectivity index (χ1n) is 8.45. The Morgan fingerprint density at radius 2 is 2.00 bits per heavy atom. The minimum absolute atomic E-state index is 0.159. The number of aromatic amines is 1. The Hall–Kier alpha value is -3.00. The number of aromatic nitrogens is 5. The summed E-state index contributed by atoms with van der Waals surface area (Å²) in [6.07, 6.45) is 0. The molecule has 0 bridgehead atoms. The van der Waals surface area contributed by atoms with Crippen LogP contribution in [0.5, 0.6) is 0 Å². The van der Waals surface area contributed by atoms with Crippen LogP contribution >= 0.6 is 11.8 Å². The number of rotatable bonds is 5. The fraction of sp³-hybridized carbons (Fsp3) is 0.158. The van der Waals surface area contributed by atoms with Crippen LogP contribution < -0.4 is 5.56 Å². The summed E-state index contributed by atoms with van der Waals surface area (Å²) in [7, 11) is 0. The van der Waals surface area contributed by atoms with Crippen molar-refractivity contribution in [1.29, 1.82) is 0 Å². The lowest BCUT2D eigenvalue weighted by Crippen LogP contribution is -2.11. The summed E-state index contributed by atoms with van der Waals surface area (Å²) in [5.74, 6) is 1.31. The highest BCUT2D eigenvalue weighted by atomic mass is 32.2. The topological polar surface area (TPSA) is 76.5 Å². The Balaban J connectivity index is 1.61. The summed E-state index contributed by atoms with van der Waals surface area (Å²) in [6.45, 7) is 2.62. The summed E-state index contributed by atoms with van der Waals surface area (Å²) >= 11 is 1.42. The van der Waals surface area contributed by atoms with Gasteiger partial charge in [-0.3, -0.25) is 4.79 Å². The van der Waals surface area contributed by atoms with Crippen molar-refractivity contribution in [2.45, 2.75) is 24.4 Å². The van der Waals surface area contributed by atoms with Crippen molar-refractivity contribution in [2.75, 3.05) is 0 Å². The lowest BCUT2D eigenvalue weighted by atomic mass is 10.2. The molecule has 0 aliphatic heterocycles. The summed E-state index contributed by atoms with van der Waals surface area (Å²) in [6, 6.07) is 13.5. The van der Waals surface area contributed by atoms with Crippen LogP contribution in [-0.4, -0.2) is 24.7 Å². The summed E-state index contributed by atoms with van der Waals surface area (Å²) in [5.41, 5.74) is 1.18. The molecule has 0 radical (unpaired) electrons. The van der Waals surface area contributed by atoms with Crippen molar-refractivity contribution in [1.82, 2.24) is 24.7 Å². The van der Waals surface area contributed by atoms with Gasteiger partial charge in [0.05, 0.1) is 16.7 Å². The first-order chi connectivity index (χ1) is 13.2. The van der Waals surface area contributed by atoms with Gasteiger partial charge in [0.15, 0.2) is 11.0 Å². The van der Waals surface area contributed by atoms with E-state index in [0.29, 0.717) is 45.6 Å². The lowest BCUT2D eigenvalue weighted by Gasteiger charge is -2.07. The Kier molecular flexibility index (Phi) is 4.72. The quantitative estimate of drug-likeness (QED) is 0.534.